The van der Waals surface area contributed by atoms with E-state index in [1.165, 1.54) is 18.3 Å². The maximum atomic E-state index is 12.5. The fraction of sp³-hybridized carbons (Fsp3) is 0.250. The van der Waals surface area contributed by atoms with E-state index in [0.717, 1.165) is 5.56 Å². The Morgan fingerprint density at radius 3 is 2.58 bits per heavy atom. The Kier molecular flexibility index (Phi) is 5.87. The number of ether oxygens (including phenoxy) is 2. The van der Waals surface area contributed by atoms with Gasteiger partial charge in [-0.1, -0.05) is 26.8 Å². The molecule has 1 aliphatic heterocycles. The van der Waals surface area contributed by atoms with Crippen molar-refractivity contribution in [2.75, 3.05) is 6.61 Å². The Hall–Kier alpha value is -4.14. The molecule has 3 aromatic rings. The van der Waals surface area contributed by atoms with Crippen molar-refractivity contribution in [3.8, 4) is 22.8 Å². The minimum Gasteiger partial charge on any atom is -0.485 e. The highest BCUT2D eigenvalue weighted by Crippen LogP contribution is 2.36. The van der Waals surface area contributed by atoms with E-state index in [1.807, 2.05) is 18.2 Å². The van der Waals surface area contributed by atoms with E-state index >= 15 is 0 Å². The molecule has 4 rings (SSSR count). The lowest BCUT2D eigenvalue weighted by molar-refractivity contribution is -0.384. The number of fused-ring (bicyclic) bond motifs is 1. The van der Waals surface area contributed by atoms with E-state index in [0.29, 0.717) is 28.6 Å². The molecule has 9 nitrogen and oxygen atoms in total. The van der Waals surface area contributed by atoms with Crippen molar-refractivity contribution in [3.63, 3.8) is 0 Å². The van der Waals surface area contributed by atoms with E-state index in [9.17, 15) is 14.9 Å². The molecule has 33 heavy (non-hydrogen) atoms. The van der Waals surface area contributed by atoms with Gasteiger partial charge in [0, 0.05) is 17.7 Å². The highest BCUT2D eigenvalue weighted by molar-refractivity contribution is 5.84. The van der Waals surface area contributed by atoms with Crippen molar-refractivity contribution in [2.45, 2.75) is 32.3 Å². The maximum Gasteiger partial charge on any atom is 0.284 e. The molecule has 2 aromatic carbocycles. The lowest BCUT2D eigenvalue weighted by atomic mass is 9.87. The first-order chi connectivity index (χ1) is 15.7. The predicted molar refractivity (Wildman–Crippen MR) is 122 cm³/mol. The number of nitro benzene ring substituents is 1. The van der Waals surface area contributed by atoms with Crippen LogP contribution >= 0.6 is 0 Å². The van der Waals surface area contributed by atoms with Gasteiger partial charge in [-0.15, -0.1) is 0 Å². The van der Waals surface area contributed by atoms with Gasteiger partial charge in [-0.25, -0.2) is 5.43 Å². The van der Waals surface area contributed by atoms with Gasteiger partial charge in [0.25, 0.3) is 11.6 Å². The van der Waals surface area contributed by atoms with E-state index < -0.39 is 16.9 Å². The van der Waals surface area contributed by atoms with Crippen LogP contribution in [0, 0.1) is 10.1 Å². The number of nitrogens with zero attached hydrogens (tertiary/aromatic N) is 2. The van der Waals surface area contributed by atoms with Gasteiger partial charge in [0.1, 0.15) is 18.1 Å². The van der Waals surface area contributed by atoms with Crippen molar-refractivity contribution < 1.29 is 23.6 Å². The monoisotopic (exact) mass is 449 g/mol. The summed E-state index contributed by atoms with van der Waals surface area (Å²) in [6, 6.07) is 15.1. The number of carbonyl (C=O) groups is 1. The summed E-state index contributed by atoms with van der Waals surface area (Å²) in [6.45, 7) is 6.37. The number of furan rings is 1. The summed E-state index contributed by atoms with van der Waals surface area (Å²) in [5.74, 6) is 1.61. The second kappa shape index (κ2) is 8.78. The number of nitro groups is 1. The number of hydrogen-bond donors (Lipinski definition) is 1. The second-order valence-electron chi connectivity index (χ2n) is 8.57. The van der Waals surface area contributed by atoms with Crippen LogP contribution in [-0.4, -0.2) is 29.8 Å². The number of hydrogen-bond acceptors (Lipinski definition) is 7. The van der Waals surface area contributed by atoms with Crippen LogP contribution < -0.4 is 14.9 Å². The average molecular weight is 449 g/mol. The standard InChI is InChI=1S/C24H23N3O6/c1-24(2,3)16-6-10-20-21(12-16)33-22(14-31-20)23(28)26-25-13-18-9-11-19(32-18)15-4-7-17(8-5-15)27(29)30/h4-13,22H,14H2,1-3H3,(H,26,28)/b25-13+/t22-/m1/s1. The zero-order chi connectivity index (χ0) is 23.6. The van der Waals surface area contributed by atoms with Crippen molar-refractivity contribution in [1.82, 2.24) is 5.43 Å². The molecule has 9 heteroatoms. The largest absolute Gasteiger partial charge is 0.485 e. The van der Waals surface area contributed by atoms with Gasteiger partial charge in [-0.05, 0) is 47.4 Å². The smallest absolute Gasteiger partial charge is 0.284 e. The Bertz CT molecular complexity index is 1210. The van der Waals surface area contributed by atoms with E-state index in [1.54, 1.807) is 24.3 Å². The molecule has 0 radical (unpaired) electrons. The molecule has 0 aliphatic carbocycles. The first-order valence-electron chi connectivity index (χ1n) is 10.3. The van der Waals surface area contributed by atoms with Crippen LogP contribution in [-0.2, 0) is 10.2 Å². The number of carbonyl (C=O) groups excluding carboxylic acids is 1. The Morgan fingerprint density at radius 1 is 1.12 bits per heavy atom. The van der Waals surface area contributed by atoms with Crippen LogP contribution in [0.15, 0.2) is 64.1 Å². The maximum absolute atomic E-state index is 12.5. The number of benzene rings is 2. The van der Waals surface area contributed by atoms with Gasteiger partial charge < -0.3 is 13.9 Å². The molecule has 0 spiro atoms. The average Bonchev–Trinajstić information content (AvgIpc) is 3.26. The Morgan fingerprint density at radius 2 is 1.88 bits per heavy atom. The molecule has 170 valence electrons. The molecule has 0 saturated carbocycles. The van der Waals surface area contributed by atoms with Gasteiger partial charge in [0.05, 0.1) is 11.1 Å². The molecule has 0 fully saturated rings. The number of amides is 1. The SMILES string of the molecule is CC(C)(C)c1ccc2c(c1)O[C@@H](C(=O)N/N=C/c1ccc(-c3ccc([N+](=O)[O-])cc3)o1)CO2. The summed E-state index contributed by atoms with van der Waals surface area (Å²) < 4.78 is 17.2. The third-order valence-corrected chi connectivity index (χ3v) is 5.12. The summed E-state index contributed by atoms with van der Waals surface area (Å²) >= 11 is 0. The Balaban J connectivity index is 1.37. The highest BCUT2D eigenvalue weighted by Gasteiger charge is 2.28. The minimum atomic E-state index is -0.836. The minimum absolute atomic E-state index is 0.000897. The van der Waals surface area contributed by atoms with E-state index in [-0.39, 0.29) is 17.7 Å². The third-order valence-electron chi connectivity index (χ3n) is 5.12. The lowest BCUT2D eigenvalue weighted by Crippen LogP contribution is -2.42. The van der Waals surface area contributed by atoms with E-state index in [2.05, 4.69) is 31.3 Å². The lowest BCUT2D eigenvalue weighted by Gasteiger charge is -2.27. The Labute approximate surface area is 190 Å². The highest BCUT2D eigenvalue weighted by atomic mass is 16.6. The van der Waals surface area contributed by atoms with Gasteiger partial charge >= 0.3 is 0 Å². The fourth-order valence-electron chi connectivity index (χ4n) is 3.22. The molecule has 0 bridgehead atoms. The molecule has 2 heterocycles. The predicted octanol–water partition coefficient (Wildman–Crippen LogP) is 4.44. The fourth-order valence-corrected chi connectivity index (χ4v) is 3.22. The van der Waals surface area contributed by atoms with Gasteiger partial charge in [0.15, 0.2) is 11.5 Å². The summed E-state index contributed by atoms with van der Waals surface area (Å²) in [5.41, 5.74) is 4.14. The van der Waals surface area contributed by atoms with Crippen LogP contribution in [0.2, 0.25) is 0 Å². The number of rotatable bonds is 5. The zero-order valence-electron chi connectivity index (χ0n) is 18.4. The van der Waals surface area contributed by atoms with Crippen molar-refractivity contribution >= 4 is 17.8 Å². The first-order valence-corrected chi connectivity index (χ1v) is 10.3. The molecule has 1 aliphatic rings. The summed E-state index contributed by atoms with van der Waals surface area (Å²) in [6.07, 6.45) is 0.527. The van der Waals surface area contributed by atoms with Crippen LogP contribution in [0.1, 0.15) is 32.1 Å². The van der Waals surface area contributed by atoms with Gasteiger partial charge in [-0.3, -0.25) is 14.9 Å². The quantitative estimate of drug-likeness (QED) is 0.350. The van der Waals surface area contributed by atoms with Crippen molar-refractivity contribution in [2.24, 2.45) is 5.10 Å². The zero-order valence-corrected chi connectivity index (χ0v) is 18.4. The molecule has 0 unspecified atom stereocenters. The molecule has 1 aromatic heterocycles. The first kappa shape index (κ1) is 22.1. The molecular weight excluding hydrogens is 426 g/mol. The van der Waals surface area contributed by atoms with Crippen LogP contribution in [0.4, 0.5) is 5.69 Å². The number of nitrogens with one attached hydrogen (secondary N) is 1. The molecular formula is C24H23N3O6. The molecule has 0 saturated heterocycles. The molecule has 1 amide bonds. The third kappa shape index (κ3) is 5.03. The van der Waals surface area contributed by atoms with Crippen LogP contribution in [0.3, 0.4) is 0 Å². The second-order valence-corrected chi connectivity index (χ2v) is 8.57. The van der Waals surface area contributed by atoms with Gasteiger partial charge in [0.2, 0.25) is 6.10 Å². The summed E-state index contributed by atoms with van der Waals surface area (Å²) in [5, 5.41) is 14.7. The molecule has 1 atom stereocenters. The van der Waals surface area contributed by atoms with Crippen molar-refractivity contribution in [1.29, 1.82) is 0 Å². The van der Waals surface area contributed by atoms with E-state index in [4.69, 9.17) is 13.9 Å². The normalized spacial score (nSPS) is 15.4. The van der Waals surface area contributed by atoms with Gasteiger partial charge in [-0.2, -0.15) is 5.10 Å². The van der Waals surface area contributed by atoms with Crippen molar-refractivity contribution in [3.05, 3.63) is 76.0 Å². The summed E-state index contributed by atoms with van der Waals surface area (Å²) in [4.78, 5) is 22.8. The summed E-state index contributed by atoms with van der Waals surface area (Å²) in [7, 11) is 0. The number of non-ortho nitro benzene ring substituents is 1. The van der Waals surface area contributed by atoms with Crippen LogP contribution in [0.25, 0.3) is 11.3 Å². The molecule has 1 N–H and O–H groups in total. The van der Waals surface area contributed by atoms with Crippen LogP contribution in [0.5, 0.6) is 11.5 Å². The topological polar surface area (TPSA) is 116 Å². The number of hydrazone groups is 1.